The van der Waals surface area contributed by atoms with Crippen molar-refractivity contribution in [1.82, 2.24) is 5.43 Å². The van der Waals surface area contributed by atoms with Gasteiger partial charge in [0, 0.05) is 5.56 Å². The highest BCUT2D eigenvalue weighted by Crippen LogP contribution is 2.25. The molecule has 132 valence electrons. The molecule has 25 heavy (non-hydrogen) atoms. The first kappa shape index (κ1) is 19.3. The van der Waals surface area contributed by atoms with E-state index in [0.717, 1.165) is 11.1 Å². The van der Waals surface area contributed by atoms with Crippen molar-refractivity contribution in [1.29, 1.82) is 0 Å². The van der Waals surface area contributed by atoms with E-state index in [1.165, 1.54) is 6.21 Å². The van der Waals surface area contributed by atoms with E-state index < -0.39 is 0 Å². The average molecular weight is 379 g/mol. The number of nitrogens with one attached hydrogen (secondary N) is 1. The molecule has 0 saturated carbocycles. The summed E-state index contributed by atoms with van der Waals surface area (Å²) in [4.78, 5) is 11.9. The van der Waals surface area contributed by atoms with Gasteiger partial charge in [-0.15, -0.1) is 0 Å². The lowest BCUT2D eigenvalue weighted by molar-refractivity contribution is -0.123. The van der Waals surface area contributed by atoms with Gasteiger partial charge >= 0.3 is 0 Å². The molecule has 0 aliphatic heterocycles. The predicted molar refractivity (Wildman–Crippen MR) is 103 cm³/mol. The van der Waals surface area contributed by atoms with Crippen molar-refractivity contribution < 1.29 is 9.53 Å². The molecule has 0 aliphatic carbocycles. The minimum absolute atomic E-state index is 0.122. The van der Waals surface area contributed by atoms with Gasteiger partial charge in [0.2, 0.25) is 0 Å². The van der Waals surface area contributed by atoms with E-state index >= 15 is 0 Å². The van der Waals surface area contributed by atoms with Crippen LogP contribution in [0.1, 0.15) is 36.5 Å². The van der Waals surface area contributed by atoms with Crippen LogP contribution in [0.4, 0.5) is 0 Å². The molecule has 1 N–H and O–H groups in total. The van der Waals surface area contributed by atoms with Gasteiger partial charge in [-0.25, -0.2) is 5.43 Å². The molecule has 0 aliphatic rings. The molecule has 0 aromatic heterocycles. The molecule has 0 radical (unpaired) electrons. The third-order valence-electron chi connectivity index (χ3n) is 3.61. The second-order valence-electron chi connectivity index (χ2n) is 5.90. The van der Waals surface area contributed by atoms with Gasteiger partial charge in [0.05, 0.1) is 16.3 Å². The van der Waals surface area contributed by atoms with Crippen molar-refractivity contribution in [2.75, 3.05) is 6.61 Å². The van der Waals surface area contributed by atoms with Crippen LogP contribution in [0.25, 0.3) is 0 Å². The Balaban J connectivity index is 1.92. The lowest BCUT2D eigenvalue weighted by Crippen LogP contribution is -2.24. The number of amides is 1. The van der Waals surface area contributed by atoms with E-state index in [0.29, 0.717) is 27.3 Å². The number of hydrogen-bond donors (Lipinski definition) is 1. The van der Waals surface area contributed by atoms with E-state index in [-0.39, 0.29) is 12.5 Å². The third-order valence-corrected chi connectivity index (χ3v) is 4.45. The Morgan fingerprint density at radius 3 is 2.76 bits per heavy atom. The Morgan fingerprint density at radius 2 is 2.04 bits per heavy atom. The van der Waals surface area contributed by atoms with Crippen LogP contribution >= 0.6 is 23.2 Å². The molecule has 6 heteroatoms. The number of rotatable bonds is 6. The van der Waals surface area contributed by atoms with Crippen LogP contribution in [0.3, 0.4) is 0 Å². The number of hydrazone groups is 1. The highest BCUT2D eigenvalue weighted by atomic mass is 35.5. The molecule has 0 bridgehead atoms. The Bertz CT molecular complexity index is 789. The van der Waals surface area contributed by atoms with Crippen molar-refractivity contribution in [3.8, 4) is 5.75 Å². The largest absolute Gasteiger partial charge is 0.483 e. The molecule has 0 atom stereocenters. The Kier molecular flexibility index (Phi) is 6.85. The van der Waals surface area contributed by atoms with Gasteiger partial charge in [0.1, 0.15) is 5.75 Å². The number of benzene rings is 2. The zero-order valence-electron chi connectivity index (χ0n) is 14.3. The quantitative estimate of drug-likeness (QED) is 0.570. The molecule has 0 spiro atoms. The van der Waals surface area contributed by atoms with E-state index in [2.05, 4.69) is 30.4 Å². The summed E-state index contributed by atoms with van der Waals surface area (Å²) in [7, 11) is 0. The predicted octanol–water partition coefficient (Wildman–Crippen LogP) is 4.95. The molecule has 4 nitrogen and oxygen atoms in total. The summed E-state index contributed by atoms with van der Waals surface area (Å²) < 4.78 is 5.60. The molecule has 1 amide bonds. The van der Waals surface area contributed by atoms with Crippen LogP contribution in [-0.2, 0) is 4.79 Å². The Hall–Kier alpha value is -2.04. The molecule has 0 saturated heterocycles. The first-order valence-corrected chi connectivity index (χ1v) is 8.63. The summed E-state index contributed by atoms with van der Waals surface area (Å²) in [6.45, 7) is 6.04. The lowest BCUT2D eigenvalue weighted by atomic mass is 10.0. The molecule has 0 unspecified atom stereocenters. The fourth-order valence-electron chi connectivity index (χ4n) is 2.10. The number of carbonyl (C=O) groups excluding carboxylic acids is 1. The van der Waals surface area contributed by atoms with Gasteiger partial charge in [0.15, 0.2) is 6.61 Å². The topological polar surface area (TPSA) is 50.7 Å². The van der Waals surface area contributed by atoms with Gasteiger partial charge in [-0.3, -0.25) is 4.79 Å². The highest BCUT2D eigenvalue weighted by molar-refractivity contribution is 6.43. The standard InChI is InChI=1S/C19H20Cl2N2O2/c1-12(2)14-8-7-13(3)17(9-14)25-11-18(24)23-22-10-15-5-4-6-16(20)19(15)21/h4-10,12H,11H2,1-3H3,(H,23,24)/b22-10-. The van der Waals surface area contributed by atoms with Crippen molar-refractivity contribution >= 4 is 35.3 Å². The summed E-state index contributed by atoms with van der Waals surface area (Å²) in [5, 5.41) is 4.70. The number of aryl methyl sites for hydroxylation is 1. The minimum atomic E-state index is -0.358. The molecule has 2 aromatic carbocycles. The Morgan fingerprint density at radius 1 is 1.28 bits per heavy atom. The first-order chi connectivity index (χ1) is 11.9. The van der Waals surface area contributed by atoms with Crippen molar-refractivity contribution in [3.63, 3.8) is 0 Å². The molecular formula is C19H20Cl2N2O2. The number of ether oxygens (including phenoxy) is 1. The van der Waals surface area contributed by atoms with Crippen LogP contribution < -0.4 is 10.2 Å². The highest BCUT2D eigenvalue weighted by Gasteiger charge is 2.07. The zero-order valence-corrected chi connectivity index (χ0v) is 15.9. The molecule has 2 rings (SSSR count). The summed E-state index contributed by atoms with van der Waals surface area (Å²) in [5.74, 6) is 0.732. The van der Waals surface area contributed by atoms with Gasteiger partial charge < -0.3 is 4.74 Å². The minimum Gasteiger partial charge on any atom is -0.483 e. The Labute approximate surface area is 157 Å². The second kappa shape index (κ2) is 8.88. The summed E-state index contributed by atoms with van der Waals surface area (Å²) in [5.41, 5.74) is 5.17. The van der Waals surface area contributed by atoms with Crippen LogP contribution in [0.2, 0.25) is 10.0 Å². The summed E-state index contributed by atoms with van der Waals surface area (Å²) in [6.07, 6.45) is 1.44. The third kappa shape index (κ3) is 5.48. The average Bonchev–Trinajstić information content (AvgIpc) is 2.57. The monoisotopic (exact) mass is 378 g/mol. The van der Waals surface area contributed by atoms with Crippen LogP contribution in [-0.4, -0.2) is 18.7 Å². The van der Waals surface area contributed by atoms with Gasteiger partial charge in [-0.05, 0) is 36.1 Å². The van der Waals surface area contributed by atoms with Crippen molar-refractivity contribution in [3.05, 3.63) is 63.1 Å². The maximum Gasteiger partial charge on any atom is 0.277 e. The van der Waals surface area contributed by atoms with Crippen molar-refractivity contribution in [2.24, 2.45) is 5.10 Å². The molecule has 0 fully saturated rings. The van der Waals surface area contributed by atoms with E-state index in [9.17, 15) is 4.79 Å². The normalized spacial score (nSPS) is 11.1. The van der Waals surface area contributed by atoms with Gasteiger partial charge in [-0.1, -0.05) is 61.3 Å². The van der Waals surface area contributed by atoms with Crippen LogP contribution in [0, 0.1) is 6.92 Å². The first-order valence-electron chi connectivity index (χ1n) is 7.87. The zero-order chi connectivity index (χ0) is 18.4. The van der Waals surface area contributed by atoms with E-state index in [4.69, 9.17) is 27.9 Å². The van der Waals surface area contributed by atoms with Crippen molar-refractivity contribution in [2.45, 2.75) is 26.7 Å². The van der Waals surface area contributed by atoms with Crippen LogP contribution in [0.5, 0.6) is 5.75 Å². The number of hydrogen-bond acceptors (Lipinski definition) is 3. The lowest BCUT2D eigenvalue weighted by Gasteiger charge is -2.12. The van der Waals surface area contributed by atoms with Gasteiger partial charge in [0.25, 0.3) is 5.91 Å². The van der Waals surface area contributed by atoms with Gasteiger partial charge in [-0.2, -0.15) is 5.10 Å². The smallest absolute Gasteiger partial charge is 0.277 e. The SMILES string of the molecule is Cc1ccc(C(C)C)cc1OCC(=O)N/N=C\c1cccc(Cl)c1Cl. The summed E-state index contributed by atoms with van der Waals surface area (Å²) in [6, 6.07) is 11.2. The number of halogens is 2. The molecule has 2 aromatic rings. The van der Waals surface area contributed by atoms with E-state index in [1.807, 2.05) is 19.1 Å². The molecule has 0 heterocycles. The van der Waals surface area contributed by atoms with Crippen LogP contribution in [0.15, 0.2) is 41.5 Å². The molecular weight excluding hydrogens is 359 g/mol. The fourth-order valence-corrected chi connectivity index (χ4v) is 2.46. The number of carbonyl (C=O) groups is 1. The maximum atomic E-state index is 11.9. The fraction of sp³-hybridized carbons (Fsp3) is 0.263. The summed E-state index contributed by atoms with van der Waals surface area (Å²) >= 11 is 12.0. The maximum absolute atomic E-state index is 11.9. The second-order valence-corrected chi connectivity index (χ2v) is 6.69. The van der Waals surface area contributed by atoms with E-state index in [1.54, 1.807) is 18.2 Å². The number of nitrogens with zero attached hydrogens (tertiary/aromatic N) is 1.